The molecule has 11 heteroatoms. The zero-order chi connectivity index (χ0) is 28.1. The fraction of sp³-hybridized carbons (Fsp3) is 0.286. The van der Waals surface area contributed by atoms with Gasteiger partial charge in [0, 0.05) is 51.3 Å². The van der Waals surface area contributed by atoms with E-state index in [1.54, 1.807) is 42.2 Å². The fourth-order valence-electron chi connectivity index (χ4n) is 5.06. The minimum Gasteiger partial charge on any atom is -0.393 e. The van der Waals surface area contributed by atoms with Gasteiger partial charge in [-0.05, 0) is 68.7 Å². The van der Waals surface area contributed by atoms with Gasteiger partial charge in [0.25, 0.3) is 11.8 Å². The van der Waals surface area contributed by atoms with E-state index in [2.05, 4.69) is 10.3 Å². The number of aliphatic hydroxyl groups is 1. The molecular weight excluding hydrogens is 561 g/mol. The number of carbonyl (C=O) groups is 2. The van der Waals surface area contributed by atoms with E-state index >= 15 is 0 Å². The molecule has 3 aromatic rings. The SMILES string of the molecule is Cc1[nH]c(C=C2C(=O)Nc3ccc(S(=O)(=O)Cc4c(Cl)cccc4Cl)cc32)c(C)c1C(=O)N1CCC(O)CC1. The van der Waals surface area contributed by atoms with Crippen LogP contribution in [-0.4, -0.2) is 54.4 Å². The average Bonchev–Trinajstić information content (AvgIpc) is 3.35. The number of aliphatic hydroxyl groups excluding tert-OH is 1. The van der Waals surface area contributed by atoms with Crippen LogP contribution in [0.25, 0.3) is 11.6 Å². The summed E-state index contributed by atoms with van der Waals surface area (Å²) >= 11 is 12.4. The van der Waals surface area contributed by atoms with Crippen LogP contribution in [0.15, 0.2) is 41.3 Å². The lowest BCUT2D eigenvalue weighted by atomic mass is 10.0. The summed E-state index contributed by atoms with van der Waals surface area (Å²) in [4.78, 5) is 31.1. The Morgan fingerprint density at radius 3 is 2.46 bits per heavy atom. The molecule has 8 nitrogen and oxygen atoms in total. The van der Waals surface area contributed by atoms with Crippen LogP contribution in [0.5, 0.6) is 0 Å². The molecule has 1 aromatic heterocycles. The van der Waals surface area contributed by atoms with Crippen molar-refractivity contribution in [2.24, 2.45) is 0 Å². The normalized spacial score (nSPS) is 17.0. The molecule has 204 valence electrons. The first-order valence-corrected chi connectivity index (χ1v) is 14.9. The monoisotopic (exact) mass is 587 g/mol. The van der Waals surface area contributed by atoms with Crippen LogP contribution in [0.4, 0.5) is 5.69 Å². The molecule has 2 amide bonds. The first kappa shape index (κ1) is 27.5. The van der Waals surface area contributed by atoms with Crippen molar-refractivity contribution in [3.8, 4) is 0 Å². The number of H-pyrrole nitrogens is 1. The van der Waals surface area contributed by atoms with Crippen molar-refractivity contribution in [2.75, 3.05) is 18.4 Å². The number of carbonyl (C=O) groups excluding carboxylic acids is 2. The molecule has 3 heterocycles. The average molecular weight is 589 g/mol. The van der Waals surface area contributed by atoms with E-state index in [1.807, 2.05) is 6.92 Å². The zero-order valence-electron chi connectivity index (χ0n) is 21.3. The van der Waals surface area contributed by atoms with Crippen molar-refractivity contribution in [2.45, 2.75) is 43.4 Å². The Morgan fingerprint density at radius 1 is 1.13 bits per heavy atom. The summed E-state index contributed by atoms with van der Waals surface area (Å²) in [5, 5.41) is 13.1. The molecule has 0 aliphatic carbocycles. The Balaban J connectivity index is 1.48. The van der Waals surface area contributed by atoms with Crippen LogP contribution in [0.1, 0.15) is 51.3 Å². The lowest BCUT2D eigenvalue weighted by Gasteiger charge is -2.29. The Bertz CT molecular complexity index is 1620. The molecule has 0 bridgehead atoms. The summed E-state index contributed by atoms with van der Waals surface area (Å²) in [6.07, 6.45) is 2.33. The van der Waals surface area contributed by atoms with Crippen LogP contribution >= 0.6 is 23.2 Å². The number of aromatic nitrogens is 1. The number of anilines is 1. The lowest BCUT2D eigenvalue weighted by Crippen LogP contribution is -2.40. The van der Waals surface area contributed by atoms with Crippen LogP contribution < -0.4 is 5.32 Å². The highest BCUT2D eigenvalue weighted by atomic mass is 35.5. The number of halogens is 2. The van der Waals surface area contributed by atoms with E-state index in [0.29, 0.717) is 65.3 Å². The molecule has 2 aromatic carbocycles. The quantitative estimate of drug-likeness (QED) is 0.363. The fourth-order valence-corrected chi connectivity index (χ4v) is 7.18. The molecule has 1 fully saturated rings. The van der Waals surface area contributed by atoms with Gasteiger partial charge in [0.2, 0.25) is 0 Å². The van der Waals surface area contributed by atoms with Crippen LogP contribution in [0, 0.1) is 13.8 Å². The second-order valence-electron chi connectivity index (χ2n) is 9.87. The number of aromatic amines is 1. The topological polar surface area (TPSA) is 120 Å². The molecular formula is C28H27Cl2N3O5S. The molecule has 39 heavy (non-hydrogen) atoms. The van der Waals surface area contributed by atoms with Gasteiger partial charge in [-0.15, -0.1) is 0 Å². The number of nitrogens with zero attached hydrogens (tertiary/aromatic N) is 1. The van der Waals surface area contributed by atoms with Crippen molar-refractivity contribution in [3.63, 3.8) is 0 Å². The molecule has 2 aliphatic rings. The van der Waals surface area contributed by atoms with Gasteiger partial charge in [-0.1, -0.05) is 29.3 Å². The van der Waals surface area contributed by atoms with Gasteiger partial charge in [-0.2, -0.15) is 0 Å². The minimum atomic E-state index is -3.84. The van der Waals surface area contributed by atoms with Crippen molar-refractivity contribution in [1.29, 1.82) is 0 Å². The van der Waals surface area contributed by atoms with Gasteiger partial charge < -0.3 is 20.3 Å². The maximum Gasteiger partial charge on any atom is 0.256 e. The molecule has 1 saturated heterocycles. The van der Waals surface area contributed by atoms with Gasteiger partial charge >= 0.3 is 0 Å². The van der Waals surface area contributed by atoms with Gasteiger partial charge in [-0.25, -0.2) is 8.42 Å². The number of aryl methyl sites for hydroxylation is 1. The maximum atomic E-state index is 13.3. The van der Waals surface area contributed by atoms with E-state index in [0.717, 1.165) is 0 Å². The second-order valence-corrected chi connectivity index (χ2v) is 12.7. The minimum absolute atomic E-state index is 0.0298. The molecule has 0 atom stereocenters. The number of fused-ring (bicyclic) bond motifs is 1. The largest absolute Gasteiger partial charge is 0.393 e. The van der Waals surface area contributed by atoms with Gasteiger partial charge in [-0.3, -0.25) is 9.59 Å². The highest BCUT2D eigenvalue weighted by Crippen LogP contribution is 2.37. The molecule has 0 saturated carbocycles. The van der Waals surface area contributed by atoms with E-state index < -0.39 is 15.6 Å². The number of likely N-dealkylation sites (tertiary alicyclic amines) is 1. The molecule has 0 unspecified atom stereocenters. The predicted octanol–water partition coefficient (Wildman–Crippen LogP) is 5.00. The first-order chi connectivity index (χ1) is 18.5. The molecule has 2 aliphatic heterocycles. The molecule has 0 radical (unpaired) electrons. The second kappa shape index (κ2) is 10.5. The van der Waals surface area contributed by atoms with Crippen molar-refractivity contribution >= 4 is 62.2 Å². The van der Waals surface area contributed by atoms with Crippen LogP contribution in [0.3, 0.4) is 0 Å². The summed E-state index contributed by atoms with van der Waals surface area (Å²) in [5.74, 6) is -0.891. The first-order valence-electron chi connectivity index (χ1n) is 12.5. The van der Waals surface area contributed by atoms with E-state index in [1.165, 1.54) is 12.1 Å². The van der Waals surface area contributed by atoms with Gasteiger partial charge in [0.15, 0.2) is 9.84 Å². The highest BCUT2D eigenvalue weighted by molar-refractivity contribution is 7.90. The Hall–Kier alpha value is -3.11. The Morgan fingerprint density at radius 2 is 1.79 bits per heavy atom. The number of rotatable bonds is 5. The molecule has 3 N–H and O–H groups in total. The summed E-state index contributed by atoms with van der Waals surface area (Å²) in [6.45, 7) is 4.57. The zero-order valence-corrected chi connectivity index (χ0v) is 23.7. The maximum absolute atomic E-state index is 13.3. The van der Waals surface area contributed by atoms with Crippen LogP contribution in [0.2, 0.25) is 10.0 Å². The van der Waals surface area contributed by atoms with Gasteiger partial charge in [0.05, 0.1) is 27.9 Å². The Kier molecular flexibility index (Phi) is 7.37. The number of nitrogens with one attached hydrogen (secondary N) is 2. The van der Waals surface area contributed by atoms with E-state index in [4.69, 9.17) is 23.2 Å². The number of sulfone groups is 1. The molecule has 5 rings (SSSR count). The number of benzene rings is 2. The number of hydrogen-bond donors (Lipinski definition) is 3. The highest BCUT2D eigenvalue weighted by Gasteiger charge is 2.30. The number of amides is 2. The van der Waals surface area contributed by atoms with Crippen molar-refractivity contribution < 1.29 is 23.1 Å². The van der Waals surface area contributed by atoms with E-state index in [-0.39, 0.29) is 38.4 Å². The smallest absolute Gasteiger partial charge is 0.256 e. The summed E-state index contributed by atoms with van der Waals surface area (Å²) in [5.41, 5.74) is 4.00. The van der Waals surface area contributed by atoms with Crippen molar-refractivity contribution in [1.82, 2.24) is 9.88 Å². The lowest BCUT2D eigenvalue weighted by molar-refractivity contribution is -0.110. The summed E-state index contributed by atoms with van der Waals surface area (Å²) in [6, 6.07) is 9.28. The van der Waals surface area contributed by atoms with Crippen molar-refractivity contribution in [3.05, 3.63) is 80.1 Å². The number of piperidine rings is 1. The summed E-state index contributed by atoms with van der Waals surface area (Å²) < 4.78 is 26.6. The van der Waals surface area contributed by atoms with E-state index in [9.17, 15) is 23.1 Å². The standard InChI is InChI=1S/C28H27Cl2N3O5S/c1-15-25(31-16(2)26(15)28(36)33-10-8-17(34)9-11-33)13-20-19-12-18(6-7-24(19)32-27(20)35)39(37,38)14-21-22(29)4-3-5-23(21)30/h3-7,12-13,17,31,34H,8-11,14H2,1-2H3,(H,32,35). The third-order valence-corrected chi connectivity index (χ3v) is 9.61. The third-order valence-electron chi connectivity index (χ3n) is 7.26. The van der Waals surface area contributed by atoms with Gasteiger partial charge in [0.1, 0.15) is 0 Å². The number of hydrogen-bond acceptors (Lipinski definition) is 5. The molecule has 0 spiro atoms. The summed E-state index contributed by atoms with van der Waals surface area (Å²) in [7, 11) is -3.84. The Labute approximate surface area is 236 Å². The third kappa shape index (κ3) is 5.24. The predicted molar refractivity (Wildman–Crippen MR) is 152 cm³/mol. The van der Waals surface area contributed by atoms with Crippen LogP contribution in [-0.2, 0) is 20.4 Å².